The van der Waals surface area contributed by atoms with Gasteiger partial charge in [0.15, 0.2) is 5.69 Å². The lowest BCUT2D eigenvalue weighted by molar-refractivity contribution is -0.184. The van der Waals surface area contributed by atoms with Crippen molar-refractivity contribution in [3.05, 3.63) is 40.3 Å². The SMILES string of the molecule is O=C(c1n[nH]c(=O)c2ccccc12)N1CCC[C@@H](C(F)(F)F)C1. The minimum absolute atomic E-state index is 0.0209. The second-order valence-electron chi connectivity index (χ2n) is 5.58. The Bertz CT molecular complexity index is 800. The average molecular weight is 325 g/mol. The molecule has 1 aliphatic heterocycles. The molecule has 1 fully saturated rings. The monoisotopic (exact) mass is 325 g/mol. The summed E-state index contributed by atoms with van der Waals surface area (Å²) in [6.45, 7) is -0.127. The number of piperidine rings is 1. The highest BCUT2D eigenvalue weighted by Gasteiger charge is 2.43. The molecular weight excluding hydrogens is 311 g/mol. The van der Waals surface area contributed by atoms with Gasteiger partial charge in [-0.2, -0.15) is 18.3 Å². The number of carbonyl (C=O) groups excluding carboxylic acids is 1. The fourth-order valence-electron chi connectivity index (χ4n) is 2.86. The Labute approximate surface area is 129 Å². The van der Waals surface area contributed by atoms with E-state index in [0.717, 1.165) is 4.90 Å². The predicted octanol–water partition coefficient (Wildman–Crippen LogP) is 2.34. The summed E-state index contributed by atoms with van der Waals surface area (Å²) in [5.74, 6) is -2.11. The van der Waals surface area contributed by atoms with E-state index < -0.39 is 23.6 Å². The highest BCUT2D eigenvalue weighted by Crippen LogP contribution is 2.33. The number of rotatable bonds is 1. The number of aromatic nitrogens is 2. The van der Waals surface area contributed by atoms with Gasteiger partial charge in [0.05, 0.1) is 11.3 Å². The Morgan fingerprint density at radius 2 is 1.96 bits per heavy atom. The number of fused-ring (bicyclic) bond motifs is 1. The summed E-state index contributed by atoms with van der Waals surface area (Å²) < 4.78 is 38.7. The minimum atomic E-state index is -4.32. The second-order valence-corrected chi connectivity index (χ2v) is 5.58. The van der Waals surface area contributed by atoms with Gasteiger partial charge in [-0.15, -0.1) is 0 Å². The van der Waals surface area contributed by atoms with Crippen LogP contribution < -0.4 is 5.56 Å². The Morgan fingerprint density at radius 3 is 2.65 bits per heavy atom. The average Bonchev–Trinajstić information content (AvgIpc) is 2.54. The molecule has 3 rings (SSSR count). The highest BCUT2D eigenvalue weighted by atomic mass is 19.4. The van der Waals surface area contributed by atoms with Crippen LogP contribution in [0, 0.1) is 5.92 Å². The molecule has 5 nitrogen and oxygen atoms in total. The maximum absolute atomic E-state index is 12.9. The Hall–Kier alpha value is -2.38. The van der Waals surface area contributed by atoms with Crippen LogP contribution >= 0.6 is 0 Å². The summed E-state index contributed by atoms with van der Waals surface area (Å²) >= 11 is 0. The molecule has 2 heterocycles. The number of alkyl halides is 3. The Balaban J connectivity index is 1.95. The Kier molecular flexibility index (Phi) is 3.83. The first-order chi connectivity index (χ1) is 10.9. The van der Waals surface area contributed by atoms with E-state index in [9.17, 15) is 22.8 Å². The van der Waals surface area contributed by atoms with Gasteiger partial charge in [0.1, 0.15) is 0 Å². The molecule has 0 saturated carbocycles. The number of likely N-dealkylation sites (tertiary alicyclic amines) is 1. The number of hydrogen-bond donors (Lipinski definition) is 1. The zero-order chi connectivity index (χ0) is 16.6. The standard InChI is InChI=1S/C15H14F3N3O2/c16-15(17,18)9-4-3-7-21(8-9)14(23)12-10-5-1-2-6-11(10)13(22)20-19-12/h1-2,5-6,9H,3-4,7-8H2,(H,20,22)/t9-/m1/s1. The molecule has 2 aromatic rings. The molecule has 122 valence electrons. The number of halogens is 3. The molecule has 0 radical (unpaired) electrons. The van der Waals surface area contributed by atoms with Crippen LogP contribution in [0.25, 0.3) is 10.8 Å². The van der Waals surface area contributed by atoms with Crippen LogP contribution in [0.15, 0.2) is 29.1 Å². The van der Waals surface area contributed by atoms with E-state index in [1.807, 2.05) is 0 Å². The predicted molar refractivity (Wildman–Crippen MR) is 77.0 cm³/mol. The van der Waals surface area contributed by atoms with Gasteiger partial charge in [-0.3, -0.25) is 9.59 Å². The third-order valence-corrected chi connectivity index (χ3v) is 4.07. The molecule has 0 spiro atoms. The van der Waals surface area contributed by atoms with Gasteiger partial charge in [-0.25, -0.2) is 5.10 Å². The van der Waals surface area contributed by atoms with Crippen molar-refractivity contribution < 1.29 is 18.0 Å². The number of nitrogens with zero attached hydrogens (tertiary/aromatic N) is 2. The van der Waals surface area contributed by atoms with Gasteiger partial charge in [-0.1, -0.05) is 18.2 Å². The molecule has 0 unspecified atom stereocenters. The van der Waals surface area contributed by atoms with E-state index in [2.05, 4.69) is 10.2 Å². The van der Waals surface area contributed by atoms with Crippen LogP contribution in [0.2, 0.25) is 0 Å². The van der Waals surface area contributed by atoms with E-state index in [0.29, 0.717) is 5.39 Å². The Morgan fingerprint density at radius 1 is 1.26 bits per heavy atom. The summed E-state index contributed by atoms with van der Waals surface area (Å²) in [5, 5.41) is 6.62. The first kappa shape index (κ1) is 15.5. The van der Waals surface area contributed by atoms with Crippen molar-refractivity contribution in [3.63, 3.8) is 0 Å². The third kappa shape index (κ3) is 2.93. The number of nitrogens with one attached hydrogen (secondary N) is 1. The van der Waals surface area contributed by atoms with Gasteiger partial charge in [0.25, 0.3) is 11.5 Å². The number of carbonyl (C=O) groups is 1. The maximum Gasteiger partial charge on any atom is 0.393 e. The summed E-state index contributed by atoms with van der Waals surface area (Å²) in [6, 6.07) is 6.40. The van der Waals surface area contributed by atoms with Crippen LogP contribution in [0.4, 0.5) is 13.2 Å². The van der Waals surface area contributed by atoms with E-state index in [1.165, 1.54) is 0 Å². The van der Waals surface area contributed by atoms with Gasteiger partial charge >= 0.3 is 6.18 Å². The zero-order valence-electron chi connectivity index (χ0n) is 12.1. The van der Waals surface area contributed by atoms with Crippen molar-refractivity contribution >= 4 is 16.7 Å². The maximum atomic E-state index is 12.9. The van der Waals surface area contributed by atoms with Crippen molar-refractivity contribution in [3.8, 4) is 0 Å². The van der Waals surface area contributed by atoms with Crippen molar-refractivity contribution in [1.29, 1.82) is 0 Å². The van der Waals surface area contributed by atoms with E-state index in [-0.39, 0.29) is 37.0 Å². The summed E-state index contributed by atoms with van der Waals surface area (Å²) in [7, 11) is 0. The van der Waals surface area contributed by atoms with E-state index in [1.54, 1.807) is 24.3 Å². The normalized spacial score (nSPS) is 19.1. The molecular formula is C15H14F3N3O2. The number of amides is 1. The van der Waals surface area contributed by atoms with Crippen LogP contribution in [0.3, 0.4) is 0 Å². The molecule has 1 aromatic heterocycles. The first-order valence-corrected chi connectivity index (χ1v) is 7.21. The fraction of sp³-hybridized carbons (Fsp3) is 0.400. The van der Waals surface area contributed by atoms with Gasteiger partial charge < -0.3 is 4.90 Å². The van der Waals surface area contributed by atoms with Crippen molar-refractivity contribution in [1.82, 2.24) is 15.1 Å². The number of hydrogen-bond acceptors (Lipinski definition) is 3. The van der Waals surface area contributed by atoms with Gasteiger partial charge in [0, 0.05) is 18.5 Å². The van der Waals surface area contributed by atoms with Crippen LogP contribution in [0.5, 0.6) is 0 Å². The zero-order valence-corrected chi connectivity index (χ0v) is 12.1. The molecule has 1 aliphatic rings. The second kappa shape index (κ2) is 5.68. The topological polar surface area (TPSA) is 66.1 Å². The minimum Gasteiger partial charge on any atom is -0.337 e. The number of aromatic amines is 1. The smallest absolute Gasteiger partial charge is 0.337 e. The van der Waals surface area contributed by atoms with E-state index in [4.69, 9.17) is 0 Å². The summed E-state index contributed by atoms with van der Waals surface area (Å²) in [6.07, 6.45) is -4.01. The molecule has 1 N–H and O–H groups in total. The molecule has 0 bridgehead atoms. The number of benzene rings is 1. The molecule has 1 aromatic carbocycles. The highest BCUT2D eigenvalue weighted by molar-refractivity contribution is 6.04. The van der Waals surface area contributed by atoms with E-state index >= 15 is 0 Å². The molecule has 8 heteroatoms. The lowest BCUT2D eigenvalue weighted by atomic mass is 9.97. The molecule has 1 saturated heterocycles. The lowest BCUT2D eigenvalue weighted by Crippen LogP contribution is -2.45. The van der Waals surface area contributed by atoms with Crippen molar-refractivity contribution in [2.75, 3.05) is 13.1 Å². The quantitative estimate of drug-likeness (QED) is 0.875. The van der Waals surface area contributed by atoms with Crippen molar-refractivity contribution in [2.45, 2.75) is 19.0 Å². The lowest BCUT2D eigenvalue weighted by Gasteiger charge is -2.33. The van der Waals surface area contributed by atoms with Gasteiger partial charge in [-0.05, 0) is 18.9 Å². The fourth-order valence-corrected chi connectivity index (χ4v) is 2.86. The molecule has 0 aliphatic carbocycles. The molecule has 23 heavy (non-hydrogen) atoms. The molecule has 1 atom stereocenters. The van der Waals surface area contributed by atoms with Crippen molar-refractivity contribution in [2.24, 2.45) is 5.92 Å². The number of H-pyrrole nitrogens is 1. The van der Waals surface area contributed by atoms with Crippen LogP contribution in [-0.2, 0) is 0 Å². The largest absolute Gasteiger partial charge is 0.393 e. The molecule has 1 amide bonds. The third-order valence-electron chi connectivity index (χ3n) is 4.07. The summed E-state index contributed by atoms with van der Waals surface area (Å²) in [4.78, 5) is 25.5. The van der Waals surface area contributed by atoms with Crippen LogP contribution in [0.1, 0.15) is 23.3 Å². The van der Waals surface area contributed by atoms with Gasteiger partial charge in [0.2, 0.25) is 0 Å². The summed E-state index contributed by atoms with van der Waals surface area (Å²) in [5.41, 5.74) is -0.466. The van der Waals surface area contributed by atoms with Crippen LogP contribution in [-0.4, -0.2) is 40.3 Å². The first-order valence-electron chi connectivity index (χ1n) is 7.21.